The molecule has 0 atom stereocenters. The van der Waals surface area contributed by atoms with Crippen molar-refractivity contribution in [3.8, 4) is 11.8 Å². The monoisotopic (exact) mass is 212 g/mol. The van der Waals surface area contributed by atoms with Gasteiger partial charge in [0, 0.05) is 13.0 Å². The standard InChI is InChI=1S/C10H16N2O3/c1-3-5-6-7-11-10(14)12-8-9(13)15-4-2/h4,6-8H2,1-2H3,(H2,11,12,14). The molecule has 2 amide bonds. The SMILES string of the molecule is CC#CCCNC(=O)NCC(=O)OCC. The fourth-order valence-electron chi connectivity index (χ4n) is 0.790. The van der Waals surface area contributed by atoms with E-state index < -0.39 is 5.97 Å². The van der Waals surface area contributed by atoms with Crippen molar-refractivity contribution in [1.29, 1.82) is 0 Å². The van der Waals surface area contributed by atoms with Gasteiger partial charge in [-0.2, -0.15) is 0 Å². The Labute approximate surface area is 89.6 Å². The van der Waals surface area contributed by atoms with Crippen LogP contribution in [0.2, 0.25) is 0 Å². The van der Waals surface area contributed by atoms with Crippen molar-refractivity contribution in [2.45, 2.75) is 20.3 Å². The second-order valence-corrected chi connectivity index (χ2v) is 2.59. The van der Waals surface area contributed by atoms with Crippen molar-refractivity contribution >= 4 is 12.0 Å². The molecular weight excluding hydrogens is 196 g/mol. The fraction of sp³-hybridized carbons (Fsp3) is 0.600. The van der Waals surface area contributed by atoms with Gasteiger partial charge < -0.3 is 15.4 Å². The van der Waals surface area contributed by atoms with Gasteiger partial charge in [0.25, 0.3) is 0 Å². The van der Waals surface area contributed by atoms with Crippen LogP contribution in [-0.4, -0.2) is 31.7 Å². The first-order valence-electron chi connectivity index (χ1n) is 4.77. The summed E-state index contributed by atoms with van der Waals surface area (Å²) in [7, 11) is 0. The van der Waals surface area contributed by atoms with Gasteiger partial charge in [0.1, 0.15) is 6.54 Å². The Balaban J connectivity index is 3.47. The summed E-state index contributed by atoms with van der Waals surface area (Å²) in [4.78, 5) is 21.9. The van der Waals surface area contributed by atoms with E-state index in [2.05, 4.69) is 27.2 Å². The van der Waals surface area contributed by atoms with Gasteiger partial charge in [0.05, 0.1) is 6.61 Å². The Kier molecular flexibility index (Phi) is 7.87. The Bertz CT molecular complexity index is 266. The second-order valence-electron chi connectivity index (χ2n) is 2.59. The highest BCUT2D eigenvalue weighted by molar-refractivity contribution is 5.80. The molecule has 0 unspecified atom stereocenters. The molecule has 0 fully saturated rings. The van der Waals surface area contributed by atoms with Crippen LogP contribution in [0.4, 0.5) is 4.79 Å². The van der Waals surface area contributed by atoms with Crippen molar-refractivity contribution in [3.63, 3.8) is 0 Å². The maximum Gasteiger partial charge on any atom is 0.325 e. The molecule has 0 aromatic carbocycles. The number of ether oxygens (including phenoxy) is 1. The maximum absolute atomic E-state index is 11.0. The molecule has 0 heterocycles. The highest BCUT2D eigenvalue weighted by Crippen LogP contribution is 1.76. The summed E-state index contributed by atoms with van der Waals surface area (Å²) in [5.41, 5.74) is 0. The van der Waals surface area contributed by atoms with E-state index in [1.165, 1.54) is 0 Å². The average molecular weight is 212 g/mol. The van der Waals surface area contributed by atoms with E-state index in [0.29, 0.717) is 19.6 Å². The Morgan fingerprint density at radius 3 is 2.67 bits per heavy atom. The van der Waals surface area contributed by atoms with Crippen molar-refractivity contribution in [3.05, 3.63) is 0 Å². The van der Waals surface area contributed by atoms with Gasteiger partial charge in [0.15, 0.2) is 0 Å². The number of carbonyl (C=O) groups is 2. The van der Waals surface area contributed by atoms with E-state index >= 15 is 0 Å². The van der Waals surface area contributed by atoms with Gasteiger partial charge >= 0.3 is 12.0 Å². The first-order chi connectivity index (χ1) is 7.20. The highest BCUT2D eigenvalue weighted by Gasteiger charge is 2.03. The van der Waals surface area contributed by atoms with E-state index in [4.69, 9.17) is 0 Å². The molecule has 2 N–H and O–H groups in total. The molecule has 0 aliphatic rings. The van der Waals surface area contributed by atoms with Crippen molar-refractivity contribution in [1.82, 2.24) is 10.6 Å². The molecule has 84 valence electrons. The quantitative estimate of drug-likeness (QED) is 0.390. The van der Waals surface area contributed by atoms with Crippen LogP contribution in [0, 0.1) is 11.8 Å². The molecule has 15 heavy (non-hydrogen) atoms. The van der Waals surface area contributed by atoms with Crippen LogP contribution >= 0.6 is 0 Å². The summed E-state index contributed by atoms with van der Waals surface area (Å²) in [6, 6.07) is -0.388. The Morgan fingerprint density at radius 2 is 2.07 bits per heavy atom. The minimum absolute atomic E-state index is 0.112. The predicted molar refractivity (Wildman–Crippen MR) is 56.1 cm³/mol. The largest absolute Gasteiger partial charge is 0.465 e. The van der Waals surface area contributed by atoms with E-state index in [1.807, 2.05) is 0 Å². The van der Waals surface area contributed by atoms with Gasteiger partial charge in [-0.05, 0) is 13.8 Å². The number of rotatable bonds is 5. The molecule has 0 rings (SSSR count). The molecule has 0 saturated carbocycles. The van der Waals surface area contributed by atoms with Crippen LogP contribution in [0.25, 0.3) is 0 Å². The molecule has 0 aliphatic carbocycles. The molecule has 0 aromatic heterocycles. The highest BCUT2D eigenvalue weighted by atomic mass is 16.5. The van der Waals surface area contributed by atoms with Crippen LogP contribution in [-0.2, 0) is 9.53 Å². The number of amides is 2. The summed E-state index contributed by atoms with van der Waals surface area (Å²) in [5, 5.41) is 4.93. The number of carbonyl (C=O) groups excluding carboxylic acids is 2. The van der Waals surface area contributed by atoms with Crippen LogP contribution < -0.4 is 10.6 Å². The zero-order valence-electron chi connectivity index (χ0n) is 9.05. The Hall–Kier alpha value is -1.70. The maximum atomic E-state index is 11.0. The van der Waals surface area contributed by atoms with Crippen molar-refractivity contribution in [2.24, 2.45) is 0 Å². The van der Waals surface area contributed by atoms with Gasteiger partial charge in [-0.15, -0.1) is 11.8 Å². The number of esters is 1. The minimum atomic E-state index is -0.444. The molecule has 0 spiro atoms. The Morgan fingerprint density at radius 1 is 1.33 bits per heavy atom. The number of nitrogens with one attached hydrogen (secondary N) is 2. The van der Waals surface area contributed by atoms with Crippen molar-refractivity contribution in [2.75, 3.05) is 19.7 Å². The van der Waals surface area contributed by atoms with Gasteiger partial charge in [0.2, 0.25) is 0 Å². The third kappa shape index (κ3) is 8.63. The van der Waals surface area contributed by atoms with Crippen molar-refractivity contribution < 1.29 is 14.3 Å². The van der Waals surface area contributed by atoms with Gasteiger partial charge in [-0.25, -0.2) is 4.79 Å². The number of hydrogen-bond acceptors (Lipinski definition) is 3. The summed E-state index contributed by atoms with van der Waals surface area (Å²) in [6.45, 7) is 4.12. The van der Waals surface area contributed by atoms with E-state index in [9.17, 15) is 9.59 Å². The van der Waals surface area contributed by atoms with Gasteiger partial charge in [-0.3, -0.25) is 4.79 Å². The molecule has 0 aromatic rings. The lowest BCUT2D eigenvalue weighted by atomic mass is 10.4. The van der Waals surface area contributed by atoms with Crippen LogP contribution in [0.5, 0.6) is 0 Å². The first-order valence-corrected chi connectivity index (χ1v) is 4.77. The zero-order valence-corrected chi connectivity index (χ0v) is 9.05. The summed E-state index contributed by atoms with van der Waals surface area (Å²) in [6.07, 6.45) is 0.601. The van der Waals surface area contributed by atoms with Crippen LogP contribution in [0.1, 0.15) is 20.3 Å². The third-order valence-electron chi connectivity index (χ3n) is 1.41. The fourth-order valence-corrected chi connectivity index (χ4v) is 0.790. The summed E-state index contributed by atoms with van der Waals surface area (Å²) >= 11 is 0. The van der Waals surface area contributed by atoms with Gasteiger partial charge in [-0.1, -0.05) is 0 Å². The molecule has 0 radical (unpaired) electrons. The molecule has 5 heteroatoms. The minimum Gasteiger partial charge on any atom is -0.465 e. The van der Waals surface area contributed by atoms with Crippen LogP contribution in [0.3, 0.4) is 0 Å². The molecule has 0 saturated heterocycles. The lowest BCUT2D eigenvalue weighted by molar-refractivity contribution is -0.141. The molecule has 0 aliphatic heterocycles. The van der Waals surface area contributed by atoms with E-state index in [0.717, 1.165) is 0 Å². The summed E-state index contributed by atoms with van der Waals surface area (Å²) in [5.74, 6) is 5.07. The first kappa shape index (κ1) is 13.3. The lowest BCUT2D eigenvalue weighted by Gasteiger charge is -2.05. The van der Waals surface area contributed by atoms with E-state index in [1.54, 1.807) is 13.8 Å². The predicted octanol–water partition coefficient (Wildman–Crippen LogP) is 0.262. The second kappa shape index (κ2) is 8.88. The number of urea groups is 1. The van der Waals surface area contributed by atoms with E-state index in [-0.39, 0.29) is 12.6 Å². The smallest absolute Gasteiger partial charge is 0.325 e. The topological polar surface area (TPSA) is 67.4 Å². The number of hydrogen-bond donors (Lipinski definition) is 2. The summed E-state index contributed by atoms with van der Waals surface area (Å²) < 4.78 is 4.63. The lowest BCUT2D eigenvalue weighted by Crippen LogP contribution is -2.39. The average Bonchev–Trinajstić information content (AvgIpc) is 2.22. The van der Waals surface area contributed by atoms with Crippen LogP contribution in [0.15, 0.2) is 0 Å². The third-order valence-corrected chi connectivity index (χ3v) is 1.41. The normalized spacial score (nSPS) is 8.40. The molecular formula is C10H16N2O3. The molecule has 0 bridgehead atoms. The zero-order chi connectivity index (χ0) is 11.5. The molecule has 5 nitrogen and oxygen atoms in total.